The molecule has 4 rings (SSSR count). The molecule has 0 aliphatic rings. The van der Waals surface area contributed by atoms with Crippen molar-refractivity contribution in [3.63, 3.8) is 0 Å². The molecule has 30 heavy (non-hydrogen) atoms. The largest absolute Gasteiger partial charge is 0.497 e. The fraction of sp³-hybridized carbons (Fsp3) is 0.174. The zero-order chi connectivity index (χ0) is 21.1. The third-order valence-corrected chi connectivity index (χ3v) is 5.78. The van der Waals surface area contributed by atoms with Gasteiger partial charge in [0.25, 0.3) is 0 Å². The minimum Gasteiger partial charge on any atom is -0.497 e. The van der Waals surface area contributed by atoms with Gasteiger partial charge < -0.3 is 14.8 Å². The molecule has 0 bridgehead atoms. The van der Waals surface area contributed by atoms with E-state index in [2.05, 4.69) is 5.32 Å². The van der Waals surface area contributed by atoms with Crippen LogP contribution in [0.1, 0.15) is 22.2 Å². The van der Waals surface area contributed by atoms with Gasteiger partial charge >= 0.3 is 5.97 Å². The van der Waals surface area contributed by atoms with Gasteiger partial charge in [-0.15, -0.1) is 11.3 Å². The third-order valence-electron chi connectivity index (χ3n) is 4.62. The molecule has 2 aromatic carbocycles. The molecule has 2 heterocycles. The number of anilines is 2. The highest BCUT2D eigenvalue weighted by Crippen LogP contribution is 2.37. The molecular weight excluding hydrogens is 398 g/mol. The van der Waals surface area contributed by atoms with Crippen LogP contribution in [0.3, 0.4) is 0 Å². The van der Waals surface area contributed by atoms with Crippen molar-refractivity contribution >= 4 is 39.0 Å². The predicted molar refractivity (Wildman–Crippen MR) is 120 cm³/mol. The maximum atomic E-state index is 12.4. The Labute approximate surface area is 178 Å². The molecule has 1 N–H and O–H groups in total. The number of hydrogen-bond donors (Lipinski definition) is 1. The summed E-state index contributed by atoms with van der Waals surface area (Å²) in [5.74, 6) is 1.62. The quantitative estimate of drug-likeness (QED) is 0.410. The fourth-order valence-electron chi connectivity index (χ4n) is 3.17. The van der Waals surface area contributed by atoms with Crippen molar-refractivity contribution in [3.05, 3.63) is 65.0 Å². The summed E-state index contributed by atoms with van der Waals surface area (Å²) in [6.07, 6.45) is 0. The second-order valence-electron chi connectivity index (χ2n) is 6.58. The summed E-state index contributed by atoms with van der Waals surface area (Å²) in [5, 5.41) is 4.19. The number of rotatable bonds is 6. The Bertz CT molecular complexity index is 1210. The molecule has 0 spiro atoms. The molecule has 0 radical (unpaired) electrons. The van der Waals surface area contributed by atoms with Gasteiger partial charge in [0.15, 0.2) is 5.82 Å². The maximum absolute atomic E-state index is 12.4. The van der Waals surface area contributed by atoms with Crippen LogP contribution in [0, 0.1) is 6.92 Å². The Morgan fingerprint density at radius 2 is 1.90 bits per heavy atom. The average Bonchev–Trinajstić information content (AvgIpc) is 3.11. The van der Waals surface area contributed by atoms with E-state index >= 15 is 0 Å². The first kappa shape index (κ1) is 19.8. The van der Waals surface area contributed by atoms with Crippen LogP contribution in [0.4, 0.5) is 11.5 Å². The van der Waals surface area contributed by atoms with Gasteiger partial charge in [0, 0.05) is 17.3 Å². The molecule has 0 saturated carbocycles. The van der Waals surface area contributed by atoms with Crippen molar-refractivity contribution in [2.75, 3.05) is 19.0 Å². The Hall–Kier alpha value is -3.45. The Balaban J connectivity index is 1.89. The molecule has 2 aromatic heterocycles. The second-order valence-corrected chi connectivity index (χ2v) is 7.57. The van der Waals surface area contributed by atoms with E-state index in [0.717, 1.165) is 32.8 Å². The van der Waals surface area contributed by atoms with Crippen LogP contribution in [0.2, 0.25) is 0 Å². The molecular formula is C23H21N3O3S. The molecule has 0 aliphatic carbocycles. The standard InChI is InChI=1S/C23H21N3O3S/c1-4-29-23(27)19-14(2)18-21(24-16-11-8-12-17(13-16)28-3)25-20(26-22(18)30-19)15-9-6-5-7-10-15/h5-13H,4H2,1-3H3,(H,24,25,26). The van der Waals surface area contributed by atoms with Gasteiger partial charge in [0.05, 0.1) is 19.1 Å². The Morgan fingerprint density at radius 3 is 2.63 bits per heavy atom. The van der Waals surface area contributed by atoms with Crippen molar-refractivity contribution in [2.45, 2.75) is 13.8 Å². The first-order valence-electron chi connectivity index (χ1n) is 9.55. The van der Waals surface area contributed by atoms with Crippen LogP contribution in [0.25, 0.3) is 21.6 Å². The van der Waals surface area contributed by atoms with Crippen LogP contribution in [-0.2, 0) is 4.74 Å². The van der Waals surface area contributed by atoms with Crippen LogP contribution in [0.5, 0.6) is 5.75 Å². The number of nitrogens with zero attached hydrogens (tertiary/aromatic N) is 2. The number of esters is 1. The van der Waals surface area contributed by atoms with Gasteiger partial charge in [-0.05, 0) is 31.5 Å². The minimum atomic E-state index is -0.341. The number of benzene rings is 2. The molecule has 0 amide bonds. The van der Waals surface area contributed by atoms with Crippen molar-refractivity contribution in [2.24, 2.45) is 0 Å². The summed E-state index contributed by atoms with van der Waals surface area (Å²) < 4.78 is 10.6. The topological polar surface area (TPSA) is 73.3 Å². The molecule has 0 saturated heterocycles. The van der Waals surface area contributed by atoms with Crippen molar-refractivity contribution in [3.8, 4) is 17.1 Å². The molecule has 4 aromatic rings. The number of aryl methyl sites for hydroxylation is 1. The number of hydrogen-bond acceptors (Lipinski definition) is 7. The summed E-state index contributed by atoms with van der Waals surface area (Å²) in [6.45, 7) is 4.01. The predicted octanol–water partition coefficient (Wildman–Crippen LogP) is 5.60. The van der Waals surface area contributed by atoms with Gasteiger partial charge in [-0.2, -0.15) is 0 Å². The molecule has 0 aliphatic heterocycles. The zero-order valence-corrected chi connectivity index (χ0v) is 17.7. The number of carbonyl (C=O) groups excluding carboxylic acids is 1. The number of aromatic nitrogens is 2. The zero-order valence-electron chi connectivity index (χ0n) is 16.9. The first-order valence-corrected chi connectivity index (χ1v) is 10.4. The SMILES string of the molecule is CCOC(=O)c1sc2nc(-c3ccccc3)nc(Nc3cccc(OC)c3)c2c1C. The highest BCUT2D eigenvalue weighted by molar-refractivity contribution is 7.20. The normalized spacial score (nSPS) is 10.8. The van der Waals surface area contributed by atoms with E-state index in [1.54, 1.807) is 14.0 Å². The van der Waals surface area contributed by atoms with Crippen LogP contribution >= 0.6 is 11.3 Å². The Morgan fingerprint density at radius 1 is 1.10 bits per heavy atom. The molecule has 0 unspecified atom stereocenters. The summed E-state index contributed by atoms with van der Waals surface area (Å²) in [5.41, 5.74) is 2.53. The summed E-state index contributed by atoms with van der Waals surface area (Å²) >= 11 is 1.32. The maximum Gasteiger partial charge on any atom is 0.348 e. The first-order chi connectivity index (χ1) is 14.6. The number of fused-ring (bicyclic) bond motifs is 1. The number of ether oxygens (including phenoxy) is 2. The minimum absolute atomic E-state index is 0.322. The van der Waals surface area contributed by atoms with Crippen molar-refractivity contribution < 1.29 is 14.3 Å². The molecule has 0 atom stereocenters. The van der Waals surface area contributed by atoms with E-state index < -0.39 is 0 Å². The Kier molecular flexibility index (Phi) is 5.63. The molecule has 6 nitrogen and oxygen atoms in total. The van der Waals surface area contributed by atoms with E-state index in [9.17, 15) is 4.79 Å². The van der Waals surface area contributed by atoms with Gasteiger partial charge in [-0.1, -0.05) is 36.4 Å². The lowest BCUT2D eigenvalue weighted by Gasteiger charge is -2.11. The van der Waals surface area contributed by atoms with Crippen LogP contribution < -0.4 is 10.1 Å². The van der Waals surface area contributed by atoms with Crippen LogP contribution in [0.15, 0.2) is 54.6 Å². The van der Waals surface area contributed by atoms with E-state index in [1.807, 2.05) is 61.5 Å². The lowest BCUT2D eigenvalue weighted by atomic mass is 10.1. The van der Waals surface area contributed by atoms with Crippen molar-refractivity contribution in [1.29, 1.82) is 0 Å². The van der Waals surface area contributed by atoms with Crippen molar-refractivity contribution in [1.82, 2.24) is 9.97 Å². The highest BCUT2D eigenvalue weighted by Gasteiger charge is 2.22. The smallest absolute Gasteiger partial charge is 0.348 e. The van der Waals surface area contributed by atoms with Gasteiger partial charge in [-0.25, -0.2) is 14.8 Å². The lowest BCUT2D eigenvalue weighted by Crippen LogP contribution is -2.04. The lowest BCUT2D eigenvalue weighted by molar-refractivity contribution is 0.0531. The molecule has 152 valence electrons. The van der Waals surface area contributed by atoms with Gasteiger partial charge in [0.1, 0.15) is 21.3 Å². The molecule has 0 fully saturated rings. The average molecular weight is 420 g/mol. The molecule has 7 heteroatoms. The monoisotopic (exact) mass is 419 g/mol. The number of carbonyl (C=O) groups is 1. The van der Waals surface area contributed by atoms with E-state index in [4.69, 9.17) is 19.4 Å². The fourth-order valence-corrected chi connectivity index (χ4v) is 4.25. The van der Waals surface area contributed by atoms with E-state index in [-0.39, 0.29) is 5.97 Å². The number of methoxy groups -OCH3 is 1. The third kappa shape index (κ3) is 3.84. The summed E-state index contributed by atoms with van der Waals surface area (Å²) in [7, 11) is 1.63. The number of nitrogens with one attached hydrogen (secondary N) is 1. The van der Waals surface area contributed by atoms with E-state index in [0.29, 0.717) is 23.1 Å². The van der Waals surface area contributed by atoms with Crippen LogP contribution in [-0.4, -0.2) is 29.7 Å². The van der Waals surface area contributed by atoms with Gasteiger partial charge in [0.2, 0.25) is 0 Å². The summed E-state index contributed by atoms with van der Waals surface area (Å²) in [4.78, 5) is 23.3. The van der Waals surface area contributed by atoms with Gasteiger partial charge in [-0.3, -0.25) is 0 Å². The highest BCUT2D eigenvalue weighted by atomic mass is 32.1. The summed E-state index contributed by atoms with van der Waals surface area (Å²) in [6, 6.07) is 17.4. The van der Waals surface area contributed by atoms with E-state index in [1.165, 1.54) is 11.3 Å². The second kappa shape index (κ2) is 8.51. The number of thiophene rings is 1.